The molecule has 1 amide bonds. The van der Waals surface area contributed by atoms with Crippen molar-refractivity contribution in [2.45, 2.75) is 26.9 Å². The molecule has 1 aromatic carbocycles. The normalized spacial score (nSPS) is 11.0. The monoisotopic (exact) mass is 405 g/mol. The largest absolute Gasteiger partial charge is 0.360 e. The highest BCUT2D eigenvalue weighted by Crippen LogP contribution is 2.09. The third-order valence-corrected chi connectivity index (χ3v) is 4.65. The minimum Gasteiger partial charge on any atom is -0.360 e. The maximum Gasteiger partial charge on any atom is 0.332 e. The molecule has 1 N–H and O–H groups in total. The minimum absolute atomic E-state index is 0.0779. The molecule has 0 spiro atoms. The predicted octanol–water partition coefficient (Wildman–Crippen LogP) is 1.85. The number of hydrogen-bond acceptors (Lipinski definition) is 6. The maximum atomic E-state index is 13.2. The molecule has 0 aliphatic rings. The number of carbonyl (C=O) groups is 1. The third kappa shape index (κ3) is 3.77. The van der Waals surface area contributed by atoms with Gasteiger partial charge in [0.2, 0.25) is 5.91 Å². The van der Waals surface area contributed by atoms with Crippen molar-refractivity contribution < 1.29 is 9.32 Å². The van der Waals surface area contributed by atoms with Crippen molar-refractivity contribution in [2.24, 2.45) is 0 Å². The van der Waals surface area contributed by atoms with Crippen LogP contribution < -0.4 is 16.6 Å². The number of amides is 1. The topological polar surface area (TPSA) is 112 Å². The average molecular weight is 405 g/mol. The number of carbonyl (C=O) groups excluding carboxylic acids is 1. The first-order valence-electron chi connectivity index (χ1n) is 9.29. The molecule has 0 unspecified atom stereocenters. The highest BCUT2D eigenvalue weighted by Gasteiger charge is 2.17. The zero-order chi connectivity index (χ0) is 21.3. The molecule has 152 valence electrons. The van der Waals surface area contributed by atoms with Crippen LogP contribution >= 0.6 is 0 Å². The fraction of sp³-hybridized carbons (Fsp3) is 0.190. The summed E-state index contributed by atoms with van der Waals surface area (Å²) in [4.78, 5) is 42.7. The van der Waals surface area contributed by atoms with Crippen molar-refractivity contribution in [2.75, 3.05) is 5.32 Å². The lowest BCUT2D eigenvalue weighted by Gasteiger charge is -2.13. The standard InChI is InChI=1S/C21H19N5O4/c1-13-5-7-15(8-6-13)11-26-20(28)19-16(4-3-9-22-19)25(21(26)29)12-18(27)23-17-10-14(2)30-24-17/h3-10H,11-12H2,1-2H3,(H,23,24,27). The van der Waals surface area contributed by atoms with Gasteiger partial charge in [0, 0.05) is 12.3 Å². The maximum absolute atomic E-state index is 13.2. The van der Waals surface area contributed by atoms with Gasteiger partial charge in [-0.25, -0.2) is 9.78 Å². The van der Waals surface area contributed by atoms with Crippen LogP contribution in [-0.2, 0) is 17.9 Å². The second kappa shape index (κ2) is 7.78. The van der Waals surface area contributed by atoms with E-state index in [-0.39, 0.29) is 24.4 Å². The third-order valence-electron chi connectivity index (χ3n) is 4.65. The Morgan fingerprint density at radius 2 is 1.87 bits per heavy atom. The molecule has 0 saturated heterocycles. The molecule has 0 fully saturated rings. The van der Waals surface area contributed by atoms with Crippen LogP contribution in [0.2, 0.25) is 0 Å². The summed E-state index contributed by atoms with van der Waals surface area (Å²) in [7, 11) is 0. The summed E-state index contributed by atoms with van der Waals surface area (Å²) in [5.41, 5.74) is 1.19. The van der Waals surface area contributed by atoms with Crippen molar-refractivity contribution in [3.05, 3.63) is 86.4 Å². The van der Waals surface area contributed by atoms with E-state index in [0.717, 1.165) is 15.7 Å². The molecule has 4 rings (SSSR count). The number of benzene rings is 1. The highest BCUT2D eigenvalue weighted by molar-refractivity contribution is 5.90. The van der Waals surface area contributed by atoms with E-state index < -0.39 is 17.2 Å². The smallest absolute Gasteiger partial charge is 0.332 e. The zero-order valence-corrected chi connectivity index (χ0v) is 16.5. The van der Waals surface area contributed by atoms with Gasteiger partial charge in [0.25, 0.3) is 5.56 Å². The number of nitrogens with one attached hydrogen (secondary N) is 1. The van der Waals surface area contributed by atoms with E-state index in [1.807, 2.05) is 31.2 Å². The Hall–Kier alpha value is -4.01. The van der Waals surface area contributed by atoms with Gasteiger partial charge in [0.15, 0.2) is 11.3 Å². The van der Waals surface area contributed by atoms with Crippen molar-refractivity contribution in [1.29, 1.82) is 0 Å². The Morgan fingerprint density at radius 3 is 2.57 bits per heavy atom. The van der Waals surface area contributed by atoms with Crippen molar-refractivity contribution in [1.82, 2.24) is 19.3 Å². The van der Waals surface area contributed by atoms with E-state index >= 15 is 0 Å². The van der Waals surface area contributed by atoms with Crippen molar-refractivity contribution in [3.8, 4) is 0 Å². The van der Waals surface area contributed by atoms with Gasteiger partial charge in [-0.15, -0.1) is 0 Å². The Balaban J connectivity index is 1.76. The molecule has 9 nitrogen and oxygen atoms in total. The number of aryl methyl sites for hydroxylation is 2. The molecule has 0 aliphatic heterocycles. The molecule has 0 aliphatic carbocycles. The Bertz CT molecular complexity index is 1350. The van der Waals surface area contributed by atoms with Crippen LogP contribution in [0.15, 0.2) is 62.8 Å². The number of fused-ring (bicyclic) bond motifs is 1. The van der Waals surface area contributed by atoms with Crippen LogP contribution in [0.3, 0.4) is 0 Å². The average Bonchev–Trinajstić information content (AvgIpc) is 3.14. The highest BCUT2D eigenvalue weighted by atomic mass is 16.5. The number of hydrogen-bond donors (Lipinski definition) is 1. The summed E-state index contributed by atoms with van der Waals surface area (Å²) in [5.74, 6) is 0.320. The van der Waals surface area contributed by atoms with Gasteiger partial charge in [-0.1, -0.05) is 35.0 Å². The molecule has 3 heterocycles. The molecule has 4 aromatic rings. The second-order valence-corrected chi connectivity index (χ2v) is 6.99. The summed E-state index contributed by atoms with van der Waals surface area (Å²) in [6.45, 7) is 3.43. The summed E-state index contributed by atoms with van der Waals surface area (Å²) in [6, 6.07) is 12.3. The van der Waals surface area contributed by atoms with Gasteiger partial charge in [0.05, 0.1) is 12.1 Å². The summed E-state index contributed by atoms with van der Waals surface area (Å²) in [6.07, 6.45) is 1.48. The lowest BCUT2D eigenvalue weighted by molar-refractivity contribution is -0.116. The fourth-order valence-electron chi connectivity index (χ4n) is 3.16. The van der Waals surface area contributed by atoms with Crippen LogP contribution in [0.4, 0.5) is 5.82 Å². The summed E-state index contributed by atoms with van der Waals surface area (Å²) >= 11 is 0. The van der Waals surface area contributed by atoms with Crippen LogP contribution in [0.5, 0.6) is 0 Å². The fourth-order valence-corrected chi connectivity index (χ4v) is 3.16. The molecule has 9 heteroatoms. The quantitative estimate of drug-likeness (QED) is 0.542. The first-order chi connectivity index (χ1) is 14.4. The first kappa shape index (κ1) is 19.3. The number of anilines is 1. The van der Waals surface area contributed by atoms with Gasteiger partial charge in [-0.05, 0) is 31.5 Å². The molecule has 0 bridgehead atoms. The van der Waals surface area contributed by atoms with E-state index in [1.54, 1.807) is 25.1 Å². The zero-order valence-electron chi connectivity index (χ0n) is 16.5. The molecule has 3 aromatic heterocycles. The lowest BCUT2D eigenvalue weighted by atomic mass is 10.1. The summed E-state index contributed by atoms with van der Waals surface area (Å²) in [5, 5.41) is 6.30. The van der Waals surface area contributed by atoms with E-state index in [0.29, 0.717) is 11.3 Å². The number of nitrogens with zero attached hydrogens (tertiary/aromatic N) is 4. The SMILES string of the molecule is Cc1ccc(Cn2c(=O)c3ncccc3n(CC(=O)Nc3cc(C)on3)c2=O)cc1. The van der Waals surface area contributed by atoms with Gasteiger partial charge in [-0.3, -0.25) is 18.7 Å². The molecule has 0 radical (unpaired) electrons. The van der Waals surface area contributed by atoms with Gasteiger partial charge in [-0.2, -0.15) is 0 Å². The molecule has 0 atom stereocenters. The van der Waals surface area contributed by atoms with Gasteiger partial charge < -0.3 is 9.84 Å². The number of rotatable bonds is 5. The van der Waals surface area contributed by atoms with E-state index in [4.69, 9.17) is 4.52 Å². The molecule has 0 saturated carbocycles. The van der Waals surface area contributed by atoms with Crippen LogP contribution in [0.1, 0.15) is 16.9 Å². The van der Waals surface area contributed by atoms with E-state index in [9.17, 15) is 14.4 Å². The van der Waals surface area contributed by atoms with Crippen LogP contribution in [0, 0.1) is 13.8 Å². The Morgan fingerprint density at radius 1 is 1.10 bits per heavy atom. The molecule has 30 heavy (non-hydrogen) atoms. The number of pyridine rings is 1. The van der Waals surface area contributed by atoms with Crippen LogP contribution in [0.25, 0.3) is 11.0 Å². The number of aromatic nitrogens is 4. The molecular weight excluding hydrogens is 386 g/mol. The van der Waals surface area contributed by atoms with E-state index in [2.05, 4.69) is 15.5 Å². The van der Waals surface area contributed by atoms with Crippen LogP contribution in [-0.4, -0.2) is 25.2 Å². The van der Waals surface area contributed by atoms with Crippen molar-refractivity contribution in [3.63, 3.8) is 0 Å². The first-order valence-corrected chi connectivity index (χ1v) is 9.29. The Kier molecular flexibility index (Phi) is 5.01. The minimum atomic E-state index is -0.590. The Labute approximate surface area is 170 Å². The van der Waals surface area contributed by atoms with Crippen molar-refractivity contribution >= 4 is 22.8 Å². The van der Waals surface area contributed by atoms with E-state index in [1.165, 1.54) is 10.8 Å². The van der Waals surface area contributed by atoms with Gasteiger partial charge >= 0.3 is 5.69 Å². The molecular formula is C21H19N5O4. The summed E-state index contributed by atoms with van der Waals surface area (Å²) < 4.78 is 7.26. The lowest BCUT2D eigenvalue weighted by Crippen LogP contribution is -2.42. The predicted molar refractivity (Wildman–Crippen MR) is 110 cm³/mol. The van der Waals surface area contributed by atoms with Gasteiger partial charge in [0.1, 0.15) is 12.3 Å². The second-order valence-electron chi connectivity index (χ2n) is 6.99.